The number of rotatable bonds is 8. The third-order valence-corrected chi connectivity index (χ3v) is 2.90. The average Bonchev–Trinajstić information content (AvgIpc) is 2.27. The molecule has 0 rings (SSSR count). The van der Waals surface area contributed by atoms with Crippen LogP contribution in [0.25, 0.3) is 0 Å². The first-order valence-corrected chi connectivity index (χ1v) is 6.71. The first kappa shape index (κ1) is 17.2. The summed E-state index contributed by atoms with van der Waals surface area (Å²) in [5.74, 6) is 0. The van der Waals surface area contributed by atoms with Crippen LogP contribution in [-0.2, 0) is 0 Å². The van der Waals surface area contributed by atoms with E-state index >= 15 is 0 Å². The van der Waals surface area contributed by atoms with E-state index in [1.54, 1.807) is 0 Å². The van der Waals surface area contributed by atoms with Gasteiger partial charge in [0.05, 0.1) is 0 Å². The lowest BCUT2D eigenvalue weighted by atomic mass is 10.3. The Morgan fingerprint density at radius 1 is 1.00 bits per heavy atom. The highest BCUT2D eigenvalue weighted by atomic mass is 16.2. The van der Waals surface area contributed by atoms with Crippen molar-refractivity contribution in [3.8, 4) is 0 Å². The van der Waals surface area contributed by atoms with Gasteiger partial charge < -0.3 is 20.0 Å². The van der Waals surface area contributed by atoms with Crippen molar-refractivity contribution >= 4 is 6.03 Å². The van der Waals surface area contributed by atoms with Gasteiger partial charge in [0, 0.05) is 32.2 Å². The van der Waals surface area contributed by atoms with Crippen LogP contribution in [0.4, 0.5) is 4.79 Å². The second kappa shape index (κ2) is 9.16. The molecule has 18 heavy (non-hydrogen) atoms. The number of carbonyl (C=O) groups excluding carboxylic acids is 1. The number of amides is 2. The SMILES string of the molecule is CC[C@H](C)NC(=O)N(CCN(C)C)CCN(C)C. The number of urea groups is 1. The Morgan fingerprint density at radius 3 is 1.78 bits per heavy atom. The Balaban J connectivity index is 4.29. The summed E-state index contributed by atoms with van der Waals surface area (Å²) in [5, 5.41) is 3.03. The molecule has 0 saturated carbocycles. The zero-order valence-electron chi connectivity index (χ0n) is 12.9. The van der Waals surface area contributed by atoms with Crippen LogP contribution < -0.4 is 5.32 Å². The van der Waals surface area contributed by atoms with Crippen molar-refractivity contribution in [2.24, 2.45) is 0 Å². The van der Waals surface area contributed by atoms with Crippen LogP contribution in [0.5, 0.6) is 0 Å². The summed E-state index contributed by atoms with van der Waals surface area (Å²) in [6, 6.07) is 0.284. The number of hydrogen-bond acceptors (Lipinski definition) is 3. The minimum absolute atomic E-state index is 0.0491. The molecule has 0 aromatic heterocycles. The number of likely N-dealkylation sites (N-methyl/N-ethyl adjacent to an activating group) is 2. The van der Waals surface area contributed by atoms with E-state index in [0.717, 1.165) is 32.6 Å². The summed E-state index contributed by atoms with van der Waals surface area (Å²) in [5.41, 5.74) is 0. The third-order valence-electron chi connectivity index (χ3n) is 2.90. The van der Waals surface area contributed by atoms with E-state index in [0.29, 0.717) is 0 Å². The van der Waals surface area contributed by atoms with E-state index in [2.05, 4.69) is 22.0 Å². The molecule has 0 aliphatic rings. The molecule has 5 heteroatoms. The fourth-order valence-corrected chi connectivity index (χ4v) is 1.36. The molecule has 0 aromatic carbocycles. The summed E-state index contributed by atoms with van der Waals surface area (Å²) in [6.07, 6.45) is 0.959. The quantitative estimate of drug-likeness (QED) is 0.704. The van der Waals surface area contributed by atoms with Gasteiger partial charge >= 0.3 is 6.03 Å². The maximum Gasteiger partial charge on any atom is 0.317 e. The van der Waals surface area contributed by atoms with E-state index in [-0.39, 0.29) is 12.1 Å². The Hall–Kier alpha value is -0.810. The van der Waals surface area contributed by atoms with Crippen molar-refractivity contribution in [3.63, 3.8) is 0 Å². The smallest absolute Gasteiger partial charge is 0.317 e. The van der Waals surface area contributed by atoms with Gasteiger partial charge in [-0.15, -0.1) is 0 Å². The molecule has 5 nitrogen and oxygen atoms in total. The average molecular weight is 258 g/mol. The first-order chi connectivity index (χ1) is 8.36. The van der Waals surface area contributed by atoms with E-state index in [4.69, 9.17) is 0 Å². The van der Waals surface area contributed by atoms with Crippen molar-refractivity contribution in [3.05, 3.63) is 0 Å². The monoisotopic (exact) mass is 258 g/mol. The minimum atomic E-state index is 0.0491. The number of hydrogen-bond donors (Lipinski definition) is 1. The molecule has 108 valence electrons. The largest absolute Gasteiger partial charge is 0.336 e. The van der Waals surface area contributed by atoms with Gasteiger partial charge in [0.1, 0.15) is 0 Å². The van der Waals surface area contributed by atoms with E-state index < -0.39 is 0 Å². The summed E-state index contributed by atoms with van der Waals surface area (Å²) >= 11 is 0. The van der Waals surface area contributed by atoms with Crippen molar-refractivity contribution in [2.75, 3.05) is 54.4 Å². The minimum Gasteiger partial charge on any atom is -0.336 e. The second-order valence-corrected chi connectivity index (χ2v) is 5.35. The van der Waals surface area contributed by atoms with Crippen LogP contribution >= 0.6 is 0 Å². The fraction of sp³-hybridized carbons (Fsp3) is 0.923. The molecule has 1 atom stereocenters. The van der Waals surface area contributed by atoms with Gasteiger partial charge in [-0.25, -0.2) is 4.79 Å². The highest BCUT2D eigenvalue weighted by Crippen LogP contribution is 1.95. The summed E-state index contributed by atoms with van der Waals surface area (Å²) < 4.78 is 0. The Labute approximate surface area is 112 Å². The maximum atomic E-state index is 12.1. The van der Waals surface area contributed by atoms with Gasteiger partial charge in [-0.2, -0.15) is 0 Å². The normalized spacial score (nSPS) is 12.9. The van der Waals surface area contributed by atoms with Crippen LogP contribution in [-0.4, -0.2) is 81.1 Å². The molecular formula is C13H30N4O. The molecule has 0 aromatic rings. The zero-order valence-corrected chi connectivity index (χ0v) is 12.9. The predicted molar refractivity (Wildman–Crippen MR) is 77.0 cm³/mol. The summed E-state index contributed by atoms with van der Waals surface area (Å²) in [6.45, 7) is 7.43. The van der Waals surface area contributed by atoms with E-state index in [1.165, 1.54) is 0 Å². The van der Waals surface area contributed by atoms with Gasteiger partial charge in [-0.1, -0.05) is 6.92 Å². The molecule has 1 N–H and O–H groups in total. The van der Waals surface area contributed by atoms with Crippen LogP contribution in [0.3, 0.4) is 0 Å². The lowest BCUT2D eigenvalue weighted by Gasteiger charge is -2.27. The highest BCUT2D eigenvalue weighted by Gasteiger charge is 2.15. The number of nitrogens with zero attached hydrogens (tertiary/aromatic N) is 3. The Bertz CT molecular complexity index is 219. The molecule has 2 amide bonds. The lowest BCUT2D eigenvalue weighted by Crippen LogP contribution is -2.48. The summed E-state index contributed by atoms with van der Waals surface area (Å²) in [7, 11) is 8.10. The second-order valence-electron chi connectivity index (χ2n) is 5.35. The number of nitrogens with one attached hydrogen (secondary N) is 1. The molecule has 0 fully saturated rings. The van der Waals surface area contributed by atoms with E-state index in [1.807, 2.05) is 40.0 Å². The predicted octanol–water partition coefficient (Wildman–Crippen LogP) is 0.920. The highest BCUT2D eigenvalue weighted by molar-refractivity contribution is 5.74. The Morgan fingerprint density at radius 2 is 1.44 bits per heavy atom. The number of carbonyl (C=O) groups is 1. The molecule has 0 aliphatic heterocycles. The van der Waals surface area contributed by atoms with Crippen LogP contribution in [0.15, 0.2) is 0 Å². The van der Waals surface area contributed by atoms with Crippen molar-refractivity contribution in [1.82, 2.24) is 20.0 Å². The molecule has 0 spiro atoms. The van der Waals surface area contributed by atoms with Crippen molar-refractivity contribution in [2.45, 2.75) is 26.3 Å². The fourth-order valence-electron chi connectivity index (χ4n) is 1.36. The topological polar surface area (TPSA) is 38.8 Å². The maximum absolute atomic E-state index is 12.1. The van der Waals surface area contributed by atoms with Crippen LogP contribution in [0.2, 0.25) is 0 Å². The van der Waals surface area contributed by atoms with Gasteiger partial charge in [-0.05, 0) is 41.5 Å². The molecule has 0 bridgehead atoms. The Kier molecular flexibility index (Phi) is 8.75. The van der Waals surface area contributed by atoms with Gasteiger partial charge in [0.25, 0.3) is 0 Å². The van der Waals surface area contributed by atoms with E-state index in [9.17, 15) is 4.79 Å². The molecule has 0 aliphatic carbocycles. The molecular weight excluding hydrogens is 228 g/mol. The van der Waals surface area contributed by atoms with Gasteiger partial charge in [0.15, 0.2) is 0 Å². The molecule has 0 radical (unpaired) electrons. The molecule has 0 heterocycles. The first-order valence-electron chi connectivity index (χ1n) is 6.71. The zero-order chi connectivity index (χ0) is 14.1. The van der Waals surface area contributed by atoms with Crippen LogP contribution in [0, 0.1) is 0 Å². The summed E-state index contributed by atoms with van der Waals surface area (Å²) in [4.78, 5) is 18.2. The van der Waals surface area contributed by atoms with Crippen LogP contribution in [0.1, 0.15) is 20.3 Å². The molecule has 0 saturated heterocycles. The van der Waals surface area contributed by atoms with Gasteiger partial charge in [-0.3, -0.25) is 0 Å². The third kappa shape index (κ3) is 8.31. The van der Waals surface area contributed by atoms with Crippen molar-refractivity contribution in [1.29, 1.82) is 0 Å². The molecule has 0 unspecified atom stereocenters. The standard InChI is InChI=1S/C13H30N4O/c1-7-12(2)14-13(18)17(10-8-15(3)4)11-9-16(5)6/h12H,7-11H2,1-6H3,(H,14,18)/t12-/m0/s1. The van der Waals surface area contributed by atoms with Crippen molar-refractivity contribution < 1.29 is 4.79 Å². The van der Waals surface area contributed by atoms with Gasteiger partial charge in [0.2, 0.25) is 0 Å². The lowest BCUT2D eigenvalue weighted by molar-refractivity contribution is 0.182.